The largest absolute Gasteiger partial charge is 0.398 e. The van der Waals surface area contributed by atoms with Crippen molar-refractivity contribution in [2.24, 2.45) is 11.8 Å². The maximum absolute atomic E-state index is 13.2. The zero-order valence-corrected chi connectivity index (χ0v) is 22.2. The van der Waals surface area contributed by atoms with Crippen LogP contribution in [0.25, 0.3) is 0 Å². The van der Waals surface area contributed by atoms with Crippen molar-refractivity contribution in [3.8, 4) is 0 Å². The Labute approximate surface area is 224 Å². The minimum absolute atomic E-state index is 0.120. The van der Waals surface area contributed by atoms with E-state index in [0.29, 0.717) is 28.7 Å². The third-order valence-electron chi connectivity index (χ3n) is 7.99. The Morgan fingerprint density at radius 1 is 1.05 bits per heavy atom. The quantitative estimate of drug-likeness (QED) is 0.252. The highest BCUT2D eigenvalue weighted by molar-refractivity contribution is 6.15. The van der Waals surface area contributed by atoms with Crippen molar-refractivity contribution in [1.82, 2.24) is 10.3 Å². The molecule has 1 aliphatic carbocycles. The third kappa shape index (κ3) is 5.73. The number of hydrogen-bond acceptors (Lipinski definition) is 6. The van der Waals surface area contributed by atoms with Crippen LogP contribution in [0.1, 0.15) is 72.8 Å². The summed E-state index contributed by atoms with van der Waals surface area (Å²) in [6.07, 6.45) is 5.81. The van der Waals surface area contributed by atoms with Crippen LogP contribution >= 0.6 is 0 Å². The standard InChI is InChI=1S/C31H37N5O2/c1-31(2,38)23-14-17-36(18-15-23)24-11-8-20(9-12-24)28(33)25-19-22(10-13-26(25)32)30(37)35-29(21-6-7-21)27-5-3-4-16-34-27/h3-5,8-13,16,19,21,23,29,33,38H,6-7,14-15,17-18,32H2,1-2H3,(H,35,37). The molecule has 1 aliphatic heterocycles. The van der Waals surface area contributed by atoms with Gasteiger partial charge in [-0.25, -0.2) is 0 Å². The summed E-state index contributed by atoms with van der Waals surface area (Å²) in [6.45, 7) is 5.58. The lowest BCUT2D eigenvalue weighted by Crippen LogP contribution is -2.41. The predicted molar refractivity (Wildman–Crippen MR) is 152 cm³/mol. The summed E-state index contributed by atoms with van der Waals surface area (Å²) < 4.78 is 0. The number of hydrogen-bond donors (Lipinski definition) is 4. The van der Waals surface area contributed by atoms with E-state index >= 15 is 0 Å². The van der Waals surface area contributed by atoms with Crippen LogP contribution in [0.2, 0.25) is 0 Å². The van der Waals surface area contributed by atoms with Crippen molar-refractivity contribution < 1.29 is 9.90 Å². The van der Waals surface area contributed by atoms with Gasteiger partial charge < -0.3 is 21.1 Å². The third-order valence-corrected chi connectivity index (χ3v) is 7.99. The molecule has 1 atom stereocenters. The summed E-state index contributed by atoms with van der Waals surface area (Å²) in [7, 11) is 0. The fourth-order valence-corrected chi connectivity index (χ4v) is 5.40. The lowest BCUT2D eigenvalue weighted by atomic mass is 9.83. The molecule has 7 heteroatoms. The van der Waals surface area contributed by atoms with Crippen LogP contribution in [-0.4, -0.2) is 40.4 Å². The molecule has 38 heavy (non-hydrogen) atoms. The van der Waals surface area contributed by atoms with E-state index in [9.17, 15) is 9.90 Å². The second kappa shape index (κ2) is 10.6. The van der Waals surface area contributed by atoms with Gasteiger partial charge in [0.15, 0.2) is 0 Å². The molecule has 2 fully saturated rings. The second-order valence-electron chi connectivity index (χ2n) is 11.2. The molecular weight excluding hydrogens is 474 g/mol. The molecule has 0 radical (unpaired) electrons. The Bertz CT molecular complexity index is 1290. The molecule has 2 aromatic carbocycles. The number of anilines is 2. The molecule has 1 saturated heterocycles. The van der Waals surface area contributed by atoms with E-state index in [1.807, 2.05) is 56.3 Å². The van der Waals surface area contributed by atoms with E-state index in [1.165, 1.54) is 0 Å². The Kier molecular flexibility index (Phi) is 7.21. The Morgan fingerprint density at radius 2 is 1.74 bits per heavy atom. The highest BCUT2D eigenvalue weighted by Crippen LogP contribution is 2.40. The van der Waals surface area contributed by atoms with Crippen molar-refractivity contribution in [1.29, 1.82) is 5.41 Å². The molecule has 1 amide bonds. The first-order chi connectivity index (χ1) is 18.2. The van der Waals surface area contributed by atoms with Crippen molar-refractivity contribution in [3.63, 3.8) is 0 Å². The number of nitrogens with zero attached hydrogens (tertiary/aromatic N) is 2. The SMILES string of the molecule is CC(C)(O)C1CCN(c2ccc(C(=N)c3cc(C(=O)NC(c4ccccn4)C4CC4)ccc3N)cc2)CC1. The summed E-state index contributed by atoms with van der Waals surface area (Å²) in [6, 6.07) is 18.7. The van der Waals surface area contributed by atoms with Crippen molar-refractivity contribution in [2.75, 3.05) is 23.7 Å². The summed E-state index contributed by atoms with van der Waals surface area (Å²) >= 11 is 0. The topological polar surface area (TPSA) is 115 Å². The van der Waals surface area contributed by atoms with E-state index in [0.717, 1.165) is 55.7 Å². The molecule has 2 heterocycles. The molecule has 1 aromatic heterocycles. The van der Waals surface area contributed by atoms with Gasteiger partial charge >= 0.3 is 0 Å². The van der Waals surface area contributed by atoms with Gasteiger partial charge in [-0.3, -0.25) is 15.2 Å². The number of amides is 1. The number of benzene rings is 2. The minimum atomic E-state index is -0.645. The number of nitrogens with one attached hydrogen (secondary N) is 2. The monoisotopic (exact) mass is 511 g/mol. The average Bonchev–Trinajstić information content (AvgIpc) is 3.77. The van der Waals surface area contributed by atoms with Gasteiger partial charge in [-0.1, -0.05) is 18.2 Å². The van der Waals surface area contributed by atoms with Gasteiger partial charge in [-0.05, 0) is 93.8 Å². The number of piperidine rings is 1. The van der Waals surface area contributed by atoms with Crippen LogP contribution in [-0.2, 0) is 0 Å². The number of rotatable bonds is 8. The van der Waals surface area contributed by atoms with Gasteiger partial charge in [0.1, 0.15) is 0 Å². The van der Waals surface area contributed by atoms with Crippen molar-refractivity contribution in [3.05, 3.63) is 89.2 Å². The number of aliphatic hydroxyl groups is 1. The second-order valence-corrected chi connectivity index (χ2v) is 11.2. The molecule has 2 aliphatic rings. The lowest BCUT2D eigenvalue weighted by Gasteiger charge is -2.38. The number of carbonyl (C=O) groups excluding carboxylic acids is 1. The first kappa shape index (κ1) is 25.9. The van der Waals surface area contributed by atoms with Gasteiger partial charge in [0, 0.05) is 47.4 Å². The number of nitrogens with two attached hydrogens (primary N) is 1. The van der Waals surface area contributed by atoms with Gasteiger partial charge in [-0.2, -0.15) is 0 Å². The summed E-state index contributed by atoms with van der Waals surface area (Å²) in [5, 5.41) is 22.3. The van der Waals surface area contributed by atoms with Gasteiger partial charge in [0.25, 0.3) is 5.91 Å². The zero-order chi connectivity index (χ0) is 26.9. The molecular formula is C31H37N5O2. The fourth-order valence-electron chi connectivity index (χ4n) is 5.40. The molecule has 0 bridgehead atoms. The molecule has 3 aromatic rings. The molecule has 1 unspecified atom stereocenters. The lowest BCUT2D eigenvalue weighted by molar-refractivity contribution is 0.00651. The maximum Gasteiger partial charge on any atom is 0.251 e. The predicted octanol–water partition coefficient (Wildman–Crippen LogP) is 4.95. The number of pyridine rings is 1. The number of carbonyl (C=O) groups is 1. The Balaban J connectivity index is 1.28. The van der Waals surface area contributed by atoms with Gasteiger partial charge in [0.2, 0.25) is 0 Å². The number of nitrogen functional groups attached to an aromatic ring is 1. The molecule has 5 N–H and O–H groups in total. The zero-order valence-electron chi connectivity index (χ0n) is 22.2. The Hall–Kier alpha value is -3.71. The molecule has 0 spiro atoms. The average molecular weight is 512 g/mol. The van der Waals surface area contributed by atoms with E-state index < -0.39 is 5.60 Å². The minimum Gasteiger partial charge on any atom is -0.398 e. The first-order valence-electron chi connectivity index (χ1n) is 13.5. The Morgan fingerprint density at radius 3 is 2.34 bits per heavy atom. The highest BCUT2D eigenvalue weighted by atomic mass is 16.3. The summed E-state index contributed by atoms with van der Waals surface area (Å²) in [4.78, 5) is 20.0. The van der Waals surface area contributed by atoms with Crippen LogP contribution in [0.4, 0.5) is 11.4 Å². The molecule has 198 valence electrons. The van der Waals surface area contributed by atoms with Crippen LogP contribution < -0.4 is 16.0 Å². The fraction of sp³-hybridized carbons (Fsp3) is 0.387. The molecule has 1 saturated carbocycles. The summed E-state index contributed by atoms with van der Waals surface area (Å²) in [5.41, 5.74) is 10.1. The molecule has 5 rings (SSSR count). The van der Waals surface area contributed by atoms with Crippen molar-refractivity contribution in [2.45, 2.75) is 51.2 Å². The van der Waals surface area contributed by atoms with E-state index in [1.54, 1.807) is 24.4 Å². The van der Waals surface area contributed by atoms with Crippen molar-refractivity contribution >= 4 is 23.0 Å². The smallest absolute Gasteiger partial charge is 0.251 e. The highest BCUT2D eigenvalue weighted by Gasteiger charge is 2.34. The van der Waals surface area contributed by atoms with Crippen LogP contribution in [0.3, 0.4) is 0 Å². The first-order valence-corrected chi connectivity index (χ1v) is 13.5. The summed E-state index contributed by atoms with van der Waals surface area (Å²) in [5.74, 6) is 0.522. The molecule has 7 nitrogen and oxygen atoms in total. The number of aromatic nitrogens is 1. The maximum atomic E-state index is 13.2. The van der Waals surface area contributed by atoms with E-state index in [2.05, 4.69) is 15.2 Å². The van der Waals surface area contributed by atoms with E-state index in [-0.39, 0.29) is 17.7 Å². The van der Waals surface area contributed by atoms with Crippen LogP contribution in [0, 0.1) is 17.2 Å². The normalized spacial score (nSPS) is 17.2. The van der Waals surface area contributed by atoms with Gasteiger partial charge in [0.05, 0.1) is 23.0 Å². The van der Waals surface area contributed by atoms with Crippen LogP contribution in [0.15, 0.2) is 66.9 Å². The van der Waals surface area contributed by atoms with Crippen LogP contribution in [0.5, 0.6) is 0 Å². The van der Waals surface area contributed by atoms with E-state index in [4.69, 9.17) is 11.1 Å². The van der Waals surface area contributed by atoms with Gasteiger partial charge in [-0.15, -0.1) is 0 Å².